The predicted octanol–water partition coefficient (Wildman–Crippen LogP) is 1.45. The van der Waals surface area contributed by atoms with Crippen LogP contribution < -0.4 is 11.9 Å². The van der Waals surface area contributed by atoms with Crippen LogP contribution in [-0.4, -0.2) is 38.6 Å². The summed E-state index contributed by atoms with van der Waals surface area (Å²) in [5, 5.41) is 15.8. The predicted molar refractivity (Wildman–Crippen MR) is 71.6 cm³/mol. The average Bonchev–Trinajstić information content (AvgIpc) is 2.02. The van der Waals surface area contributed by atoms with E-state index in [4.69, 9.17) is 10.2 Å². The number of thiocarbonyl (C=S) groups is 2. The van der Waals surface area contributed by atoms with E-state index in [-0.39, 0.29) is 11.3 Å². The van der Waals surface area contributed by atoms with Crippen LogP contribution in [0.2, 0.25) is 0 Å². The summed E-state index contributed by atoms with van der Waals surface area (Å²) >= 11 is 8.40. The number of hydrogen-bond acceptors (Lipinski definition) is 3. The van der Waals surface area contributed by atoms with Crippen LogP contribution in [0.1, 0.15) is 0 Å². The smallest absolute Gasteiger partial charge is 0.257 e. The molecule has 0 bridgehead atoms. The van der Waals surface area contributed by atoms with Gasteiger partial charge in [0.2, 0.25) is 0 Å². The highest BCUT2D eigenvalue weighted by Gasteiger charge is 2.00. The molecule has 0 heterocycles. The Labute approximate surface area is 100 Å². The van der Waals surface area contributed by atoms with Gasteiger partial charge in [-0.3, -0.25) is 0 Å². The number of aliphatic hydroxyl groups excluding tert-OH is 2. The van der Waals surface area contributed by atoms with E-state index in [9.17, 15) is 0 Å². The van der Waals surface area contributed by atoms with E-state index >= 15 is 0 Å². The van der Waals surface area contributed by atoms with Crippen molar-refractivity contribution in [3.05, 3.63) is 25.3 Å². The van der Waals surface area contributed by atoms with Crippen molar-refractivity contribution < 1.29 is 10.2 Å². The molecule has 5 nitrogen and oxygen atoms in total. The maximum atomic E-state index is 8.84. The maximum absolute atomic E-state index is 8.84. The van der Waals surface area contributed by atoms with Crippen molar-refractivity contribution >= 4 is 34.8 Å². The first kappa shape index (κ1) is 19.4. The van der Waals surface area contributed by atoms with Crippen molar-refractivity contribution in [3.63, 3.8) is 0 Å². The number of hydrogen-bond donors (Lipinski definition) is 4. The molecule has 0 aromatic carbocycles. The lowest BCUT2D eigenvalue weighted by Crippen LogP contribution is -2.29. The summed E-state index contributed by atoms with van der Waals surface area (Å²) in [7, 11) is 0. The molecule has 0 radical (unpaired) electrons. The molecule has 0 rings (SSSR count). The van der Waals surface area contributed by atoms with Crippen LogP contribution in [0.25, 0.3) is 0 Å². The molecule has 0 amide bonds. The van der Waals surface area contributed by atoms with Crippen molar-refractivity contribution in [3.8, 4) is 0 Å². The molecule has 7 heteroatoms. The minimum atomic E-state index is -0.500. The van der Waals surface area contributed by atoms with Crippen molar-refractivity contribution in [2.75, 3.05) is 13.1 Å². The first-order valence-electron chi connectivity index (χ1n) is 3.63. The molecule has 0 aromatic rings. The quantitative estimate of drug-likeness (QED) is 0.443. The first-order chi connectivity index (χ1) is 6.45. The van der Waals surface area contributed by atoms with Crippen LogP contribution in [0, 0.1) is 0 Å². The van der Waals surface area contributed by atoms with E-state index < -0.39 is 5.17 Å². The minimum Gasteiger partial charge on any atom is -0.487 e. The topological polar surface area (TPSA) is 105 Å². The lowest BCUT2D eigenvalue weighted by molar-refractivity contribution is 0.396. The Morgan fingerprint density at radius 2 is 1.47 bits per heavy atom. The van der Waals surface area contributed by atoms with E-state index in [1.807, 2.05) is 0 Å². The zero-order chi connectivity index (χ0) is 11.6. The second-order valence-electron chi connectivity index (χ2n) is 2.10. The molecule has 88 valence electrons. The van der Waals surface area contributed by atoms with Gasteiger partial charge >= 0.3 is 0 Å². The molecule has 0 aliphatic heterocycles. The summed E-state index contributed by atoms with van der Waals surface area (Å²) < 4.78 is 0. The normalized spacial score (nSPS) is 7.20. The second-order valence-corrected chi connectivity index (χ2v) is 2.89. The van der Waals surface area contributed by atoms with Gasteiger partial charge in [0.1, 0.15) is 0 Å². The number of rotatable bonds is 4. The summed E-state index contributed by atoms with van der Waals surface area (Å²) in [6, 6.07) is 0. The van der Waals surface area contributed by atoms with Crippen LogP contribution in [0.4, 0.5) is 0 Å². The monoisotopic (exact) mass is 251 g/mol. The lowest BCUT2D eigenvalue weighted by Gasteiger charge is -2.16. The van der Waals surface area contributed by atoms with Crippen LogP contribution in [0.5, 0.6) is 0 Å². The second kappa shape index (κ2) is 12.8. The highest BCUT2D eigenvalue weighted by Crippen LogP contribution is 1.89. The summed E-state index contributed by atoms with van der Waals surface area (Å²) in [5.74, 6) is 0. The zero-order valence-corrected chi connectivity index (χ0v) is 10.1. The Bertz CT molecular complexity index is 208. The van der Waals surface area contributed by atoms with Gasteiger partial charge in [0.05, 0.1) is 0 Å². The Morgan fingerprint density at radius 1 is 1.20 bits per heavy atom. The van der Waals surface area contributed by atoms with Crippen molar-refractivity contribution in [2.24, 2.45) is 5.73 Å². The Hall–Kier alpha value is -1.18. The van der Waals surface area contributed by atoms with Crippen LogP contribution in [-0.2, 0) is 0 Å². The van der Waals surface area contributed by atoms with Crippen LogP contribution in [0.3, 0.4) is 0 Å². The molecule has 0 unspecified atom stereocenters. The van der Waals surface area contributed by atoms with Crippen molar-refractivity contribution in [2.45, 2.75) is 0 Å². The molecule has 0 saturated heterocycles. The molecule has 0 aromatic heterocycles. The highest BCUT2D eigenvalue weighted by molar-refractivity contribution is 7.80. The third-order valence-corrected chi connectivity index (χ3v) is 1.23. The van der Waals surface area contributed by atoms with E-state index in [1.165, 1.54) is 0 Å². The third kappa shape index (κ3) is 19.3. The highest BCUT2D eigenvalue weighted by atomic mass is 32.1. The van der Waals surface area contributed by atoms with Crippen molar-refractivity contribution in [1.82, 2.24) is 11.1 Å². The van der Waals surface area contributed by atoms with Crippen molar-refractivity contribution in [1.29, 1.82) is 0 Å². The van der Waals surface area contributed by atoms with Crippen LogP contribution in [0.15, 0.2) is 25.3 Å². The molecule has 0 atom stereocenters. The number of nitrogens with zero attached hydrogens (tertiary/aromatic N) is 1. The lowest BCUT2D eigenvalue weighted by atomic mass is 10.5. The molecule has 15 heavy (non-hydrogen) atoms. The van der Waals surface area contributed by atoms with E-state index in [2.05, 4.69) is 43.3 Å². The summed E-state index contributed by atoms with van der Waals surface area (Å²) in [6.45, 7) is 8.15. The fourth-order valence-corrected chi connectivity index (χ4v) is 0.691. The standard InChI is InChI=1S/C7H11NOS.CH3NOS.H3N/c1-3-5-8(6-4-2)7(9)10;2-1(3)4;/h3-4H,1-2,5-6H2,(H,9,10);(H3,2,3,4);1H3. The fraction of sp³-hybridized carbons (Fsp3) is 0.250. The van der Waals surface area contributed by atoms with E-state index in [0.717, 1.165) is 0 Å². The Balaban J connectivity index is -0.000000249. The van der Waals surface area contributed by atoms with Gasteiger partial charge in [-0.15, -0.1) is 13.2 Å². The number of aliphatic hydroxyl groups is 2. The molecule has 0 fully saturated rings. The number of nitrogens with two attached hydrogens (primary N) is 1. The van der Waals surface area contributed by atoms with Gasteiger partial charge in [-0.2, -0.15) is 0 Å². The average molecular weight is 251 g/mol. The van der Waals surface area contributed by atoms with E-state index in [1.54, 1.807) is 17.1 Å². The molecular formula is C8H17N3O2S2. The fourth-order valence-electron chi connectivity index (χ4n) is 0.542. The molecule has 0 spiro atoms. The van der Waals surface area contributed by atoms with Gasteiger partial charge in [0.15, 0.2) is 0 Å². The molecule has 0 saturated carbocycles. The maximum Gasteiger partial charge on any atom is 0.257 e. The first-order valence-corrected chi connectivity index (χ1v) is 4.45. The summed E-state index contributed by atoms with van der Waals surface area (Å²) in [6.07, 6.45) is 3.35. The van der Waals surface area contributed by atoms with E-state index in [0.29, 0.717) is 13.1 Å². The van der Waals surface area contributed by atoms with Gasteiger partial charge in [-0.05, 0) is 24.4 Å². The Morgan fingerprint density at radius 3 is 1.60 bits per heavy atom. The molecular weight excluding hydrogens is 234 g/mol. The summed E-state index contributed by atoms with van der Waals surface area (Å²) in [5.41, 5.74) is 4.40. The SMILES string of the molecule is C=CCN(CC=C)C(O)=S.N.NC(O)=S. The van der Waals surface area contributed by atoms with Gasteiger partial charge < -0.3 is 27.0 Å². The Kier molecular flexibility index (Phi) is 16.6. The largest absolute Gasteiger partial charge is 0.487 e. The van der Waals surface area contributed by atoms with Gasteiger partial charge in [-0.25, -0.2) is 0 Å². The third-order valence-electron chi connectivity index (χ3n) is 0.969. The van der Waals surface area contributed by atoms with Gasteiger partial charge in [0.25, 0.3) is 10.3 Å². The van der Waals surface area contributed by atoms with Gasteiger partial charge in [0, 0.05) is 13.1 Å². The molecule has 7 N–H and O–H groups in total. The van der Waals surface area contributed by atoms with Gasteiger partial charge in [-0.1, -0.05) is 12.2 Å². The zero-order valence-electron chi connectivity index (χ0n) is 8.43. The van der Waals surface area contributed by atoms with Crippen LogP contribution >= 0.6 is 24.4 Å². The summed E-state index contributed by atoms with van der Waals surface area (Å²) in [4.78, 5) is 1.58. The molecule has 0 aliphatic carbocycles. The molecule has 0 aliphatic rings. The minimum absolute atomic E-state index is 0.